The van der Waals surface area contributed by atoms with Gasteiger partial charge in [0, 0.05) is 50.8 Å². The summed E-state index contributed by atoms with van der Waals surface area (Å²) in [5.74, 6) is -1.41. The van der Waals surface area contributed by atoms with Crippen LogP contribution in [0.3, 0.4) is 0 Å². The fourth-order valence-electron chi connectivity index (χ4n) is 6.31. The first-order chi connectivity index (χ1) is 35.8. The summed E-state index contributed by atoms with van der Waals surface area (Å²) in [6, 6.07) is 24.2. The highest BCUT2D eigenvalue weighted by atomic mass is 16.6. The van der Waals surface area contributed by atoms with Crippen LogP contribution in [0.4, 0.5) is 0 Å². The summed E-state index contributed by atoms with van der Waals surface area (Å²) in [4.78, 5) is 85.9. The Morgan fingerprint density at radius 1 is 0.514 bits per heavy atom. The zero-order valence-corrected chi connectivity index (χ0v) is 42.9. The Labute approximate surface area is 432 Å². The van der Waals surface area contributed by atoms with Gasteiger partial charge in [-0.15, -0.1) is 0 Å². The number of allylic oxidation sites excluding steroid dienone is 1. The number of rotatable bonds is 31. The lowest BCUT2D eigenvalue weighted by Crippen LogP contribution is -2.43. The van der Waals surface area contributed by atoms with Crippen LogP contribution in [-0.2, 0) is 65.2 Å². The number of hydrogen-bond acceptors (Lipinski definition) is 17. The molecule has 400 valence electrons. The predicted octanol–water partition coefficient (Wildman–Crippen LogP) is 6.72. The van der Waals surface area contributed by atoms with E-state index >= 15 is 0 Å². The lowest BCUT2D eigenvalue weighted by Gasteiger charge is -2.18. The van der Waals surface area contributed by atoms with E-state index in [0.29, 0.717) is 98.6 Å². The second-order valence-corrected chi connectivity index (χ2v) is 15.8. The topological polar surface area (TPSA) is 236 Å². The molecule has 2 amide bonds. The summed E-state index contributed by atoms with van der Waals surface area (Å²) in [6.45, 7) is 9.83. The monoisotopic (exact) mass is 1030 g/mol. The zero-order chi connectivity index (χ0) is 53.9. The van der Waals surface area contributed by atoms with Crippen molar-refractivity contribution in [1.82, 2.24) is 10.6 Å². The number of methoxy groups -OCH3 is 2. The number of carbonyl (C=O) groups is 7. The third-order valence-corrected chi connectivity index (χ3v) is 10.0. The summed E-state index contributed by atoms with van der Waals surface area (Å²) in [7, 11) is 3.15. The van der Waals surface area contributed by atoms with Gasteiger partial charge in [0.1, 0.15) is 41.7 Å². The Bertz CT molecular complexity index is 2350. The molecular weight excluding hydrogens is 961 g/mol. The summed E-state index contributed by atoms with van der Waals surface area (Å²) in [6.07, 6.45) is 4.79. The van der Waals surface area contributed by atoms with Crippen molar-refractivity contribution in [3.63, 3.8) is 0 Å². The first-order valence-electron chi connectivity index (χ1n) is 24.2. The third kappa shape index (κ3) is 24.7. The standard InChI is InChI=1S/C46H50N2O12.C9H18O5/c1-5-10-41(49)59-37-20-12-31(13-21-37)29-40(46(54)57-7-3)48-44(52)34-18-26-36(27-19-34)58-28-9-8-11-42(50)60-38-22-14-32(15-23-38)30-39(45(53)56-6-2)47-43(51)33-16-24-35(55-4)25-17-33;1-9(10)14-8-7-13-6-5-12-4-3-11-2/h9,12-28,39-40H,5-8,10-11,29-30H2,1-4H3,(H,47,51)(H,48,52);3-8H2,1-2H3/b28-9+;. The van der Waals surface area contributed by atoms with Crippen molar-refractivity contribution < 1.29 is 80.9 Å². The number of ether oxygens (including phenoxy) is 10. The fourth-order valence-corrected chi connectivity index (χ4v) is 6.31. The fraction of sp³-hybridized carbons (Fsp3) is 0.400. The maximum atomic E-state index is 13.1. The zero-order valence-electron chi connectivity index (χ0n) is 42.9. The molecule has 4 aromatic rings. The van der Waals surface area contributed by atoms with Gasteiger partial charge in [0.2, 0.25) is 0 Å². The highest BCUT2D eigenvalue weighted by Crippen LogP contribution is 2.19. The highest BCUT2D eigenvalue weighted by Gasteiger charge is 2.25. The quantitative estimate of drug-likeness (QED) is 0.0175. The molecule has 0 heterocycles. The Balaban J connectivity index is 0.000000896. The Morgan fingerprint density at radius 3 is 1.38 bits per heavy atom. The summed E-state index contributed by atoms with van der Waals surface area (Å²) >= 11 is 0. The van der Waals surface area contributed by atoms with Gasteiger partial charge in [-0.3, -0.25) is 24.0 Å². The van der Waals surface area contributed by atoms with Crippen molar-refractivity contribution in [3.8, 4) is 23.0 Å². The van der Waals surface area contributed by atoms with Gasteiger partial charge in [0.05, 0.1) is 59.6 Å². The van der Waals surface area contributed by atoms with Gasteiger partial charge in [-0.1, -0.05) is 31.2 Å². The van der Waals surface area contributed by atoms with Crippen LogP contribution in [-0.4, -0.2) is 121 Å². The lowest BCUT2D eigenvalue weighted by molar-refractivity contribution is -0.146. The molecule has 0 saturated carbocycles. The van der Waals surface area contributed by atoms with Gasteiger partial charge in [-0.25, -0.2) is 9.59 Å². The second-order valence-electron chi connectivity index (χ2n) is 15.8. The van der Waals surface area contributed by atoms with E-state index in [2.05, 4.69) is 15.4 Å². The van der Waals surface area contributed by atoms with Crippen LogP contribution in [0.5, 0.6) is 23.0 Å². The number of benzene rings is 4. The molecule has 0 aliphatic heterocycles. The van der Waals surface area contributed by atoms with E-state index in [0.717, 1.165) is 5.56 Å². The smallest absolute Gasteiger partial charge is 0.328 e. The minimum absolute atomic E-state index is 0.0707. The molecule has 4 rings (SSSR count). The number of esters is 5. The highest BCUT2D eigenvalue weighted by molar-refractivity contribution is 5.97. The Kier molecular flexibility index (Phi) is 29.1. The largest absolute Gasteiger partial charge is 0.497 e. The number of hydrogen-bond donors (Lipinski definition) is 2. The molecule has 19 heteroatoms. The third-order valence-electron chi connectivity index (χ3n) is 10.0. The maximum Gasteiger partial charge on any atom is 0.328 e. The summed E-state index contributed by atoms with van der Waals surface area (Å²) in [5.41, 5.74) is 2.10. The molecule has 19 nitrogen and oxygen atoms in total. The molecular formula is C55H68N2O17. The van der Waals surface area contributed by atoms with Crippen LogP contribution in [0.25, 0.3) is 0 Å². The maximum absolute atomic E-state index is 13.1. The molecule has 0 fully saturated rings. The van der Waals surface area contributed by atoms with Gasteiger partial charge in [0.15, 0.2) is 0 Å². The molecule has 0 aromatic heterocycles. The van der Waals surface area contributed by atoms with Crippen LogP contribution < -0.4 is 29.6 Å². The Morgan fingerprint density at radius 2 is 0.946 bits per heavy atom. The van der Waals surface area contributed by atoms with Crippen LogP contribution in [0.1, 0.15) is 85.2 Å². The van der Waals surface area contributed by atoms with Crippen LogP contribution in [0.15, 0.2) is 109 Å². The van der Waals surface area contributed by atoms with Crippen molar-refractivity contribution in [3.05, 3.63) is 132 Å². The molecule has 0 aliphatic carbocycles. The van der Waals surface area contributed by atoms with Crippen molar-refractivity contribution in [1.29, 1.82) is 0 Å². The van der Waals surface area contributed by atoms with Crippen molar-refractivity contribution in [2.45, 2.75) is 78.3 Å². The molecule has 0 saturated heterocycles. The van der Waals surface area contributed by atoms with E-state index in [4.69, 9.17) is 42.6 Å². The van der Waals surface area contributed by atoms with Gasteiger partial charge < -0.3 is 58.0 Å². The molecule has 0 spiro atoms. The average molecular weight is 1030 g/mol. The molecule has 74 heavy (non-hydrogen) atoms. The van der Waals surface area contributed by atoms with Gasteiger partial charge >= 0.3 is 29.8 Å². The Hall–Kier alpha value is -7.61. The molecule has 0 radical (unpaired) electrons. The molecule has 0 bridgehead atoms. The minimum Gasteiger partial charge on any atom is -0.497 e. The van der Waals surface area contributed by atoms with Crippen LogP contribution >= 0.6 is 0 Å². The average Bonchev–Trinajstić information content (AvgIpc) is 3.39. The van der Waals surface area contributed by atoms with E-state index in [1.54, 1.807) is 124 Å². The number of carbonyl (C=O) groups excluding carboxylic acids is 7. The number of amides is 2. The lowest BCUT2D eigenvalue weighted by atomic mass is 10.0. The van der Waals surface area contributed by atoms with Gasteiger partial charge in [0.25, 0.3) is 11.8 Å². The summed E-state index contributed by atoms with van der Waals surface area (Å²) < 4.78 is 51.6. The van der Waals surface area contributed by atoms with Crippen molar-refractivity contribution in [2.24, 2.45) is 0 Å². The molecule has 0 aliphatic rings. The molecule has 4 aromatic carbocycles. The van der Waals surface area contributed by atoms with E-state index in [1.165, 1.54) is 20.3 Å². The number of nitrogens with one attached hydrogen (secondary N) is 2. The van der Waals surface area contributed by atoms with Gasteiger partial charge in [-0.05, 0) is 117 Å². The molecule has 2 atom stereocenters. The first-order valence-corrected chi connectivity index (χ1v) is 24.2. The second kappa shape index (κ2) is 35.5. The normalized spacial score (nSPS) is 11.4. The predicted molar refractivity (Wildman–Crippen MR) is 271 cm³/mol. The SMILES string of the molecule is CCCC(=O)Oc1ccc(CC(NC(=O)c2ccc(O/C=C/CCC(=O)Oc3ccc(CC(NC(=O)c4ccc(OC)cc4)C(=O)OCC)cc3)cc2)C(=O)OCC)cc1.COCCOCCOCCOC(C)=O. The first kappa shape index (κ1) is 60.7. The van der Waals surface area contributed by atoms with E-state index in [9.17, 15) is 33.6 Å². The van der Waals surface area contributed by atoms with E-state index in [-0.39, 0.29) is 44.4 Å². The van der Waals surface area contributed by atoms with Crippen molar-refractivity contribution in [2.75, 3.05) is 67.1 Å². The van der Waals surface area contributed by atoms with Crippen molar-refractivity contribution >= 4 is 41.7 Å². The van der Waals surface area contributed by atoms with E-state index in [1.807, 2.05) is 6.92 Å². The minimum atomic E-state index is -0.959. The molecule has 2 N–H and O–H groups in total. The van der Waals surface area contributed by atoms with Crippen LogP contribution in [0.2, 0.25) is 0 Å². The van der Waals surface area contributed by atoms with Crippen LogP contribution in [0, 0.1) is 0 Å². The summed E-state index contributed by atoms with van der Waals surface area (Å²) in [5, 5.41) is 5.47. The van der Waals surface area contributed by atoms with Gasteiger partial charge in [-0.2, -0.15) is 0 Å². The van der Waals surface area contributed by atoms with E-state index < -0.39 is 41.8 Å². The molecule has 2 unspecified atom stereocenters.